The van der Waals surface area contributed by atoms with E-state index in [-0.39, 0.29) is 39.2 Å². The molecule has 1 atom stereocenters. The van der Waals surface area contributed by atoms with Gasteiger partial charge in [0.1, 0.15) is 17.6 Å². The van der Waals surface area contributed by atoms with Crippen molar-refractivity contribution in [2.24, 2.45) is 0 Å². The zero-order valence-electron chi connectivity index (χ0n) is 16.1. The molecule has 1 heterocycles. The summed E-state index contributed by atoms with van der Waals surface area (Å²) in [6.45, 7) is -0.0462. The normalized spacial score (nSPS) is 18.2. The Bertz CT molecular complexity index is 1240. The average molecular weight is 462 g/mol. The monoisotopic (exact) mass is 461 g/mol. The van der Waals surface area contributed by atoms with Crippen molar-refractivity contribution in [1.29, 1.82) is 0 Å². The van der Waals surface area contributed by atoms with Crippen LogP contribution < -0.4 is 4.74 Å². The van der Waals surface area contributed by atoms with Gasteiger partial charge in [0.05, 0.1) is 20.5 Å². The van der Waals surface area contributed by atoms with Crippen molar-refractivity contribution in [1.82, 2.24) is 0 Å². The highest BCUT2D eigenvalue weighted by atomic mass is 32.3. The number of fused-ring (bicyclic) bond motifs is 1. The van der Waals surface area contributed by atoms with Crippen LogP contribution in [-0.2, 0) is 16.4 Å². The first-order valence-corrected chi connectivity index (χ1v) is 12.5. The summed E-state index contributed by atoms with van der Waals surface area (Å²) in [5.41, 5.74) is 0.661. The molecule has 1 aliphatic heterocycles. The van der Waals surface area contributed by atoms with Crippen LogP contribution in [0.25, 0.3) is 0 Å². The van der Waals surface area contributed by atoms with Crippen LogP contribution in [0, 0.1) is 10.1 Å². The van der Waals surface area contributed by atoms with E-state index in [0.717, 1.165) is 0 Å². The van der Waals surface area contributed by atoms with Crippen molar-refractivity contribution in [2.45, 2.75) is 21.6 Å². The molecule has 4 rings (SSSR count). The number of benzene rings is 3. The number of nitro groups is 1. The zero-order valence-corrected chi connectivity index (χ0v) is 17.8. The van der Waals surface area contributed by atoms with Crippen LogP contribution in [0.1, 0.15) is 16.4 Å². The lowest BCUT2D eigenvalue weighted by atomic mass is 10.1. The summed E-state index contributed by atoms with van der Waals surface area (Å²) >= 11 is 0. The fourth-order valence-corrected chi connectivity index (χ4v) is 8.02. The van der Waals surface area contributed by atoms with Gasteiger partial charge >= 0.3 is 0 Å². The molecule has 3 aromatic carbocycles. The summed E-state index contributed by atoms with van der Waals surface area (Å²) in [5, 5.41) is 9.80. The number of non-ortho nitro benzene ring substituents is 1. The number of sulfone groups is 1. The average Bonchev–Trinajstić information content (AvgIpc) is 3.05. The molecule has 162 valence electrons. The second-order valence-corrected chi connectivity index (χ2v) is 11.3. The Morgan fingerprint density at radius 1 is 1.03 bits per heavy atom. The summed E-state index contributed by atoms with van der Waals surface area (Å²) < 4.78 is 53.6. The van der Waals surface area contributed by atoms with Gasteiger partial charge in [0, 0.05) is 17.7 Å². The highest BCUT2D eigenvalue weighted by Gasteiger charge is 2.45. The second-order valence-electron chi connectivity index (χ2n) is 7.06. The van der Waals surface area contributed by atoms with Crippen molar-refractivity contribution in [3.63, 3.8) is 0 Å². The Hall–Kier alpha value is -2.92. The van der Waals surface area contributed by atoms with Gasteiger partial charge in [-0.1, -0.05) is 36.4 Å². The van der Waals surface area contributed by atoms with Gasteiger partial charge in [-0.15, -0.1) is 0 Å². The summed E-state index contributed by atoms with van der Waals surface area (Å²) in [6.07, 6.45) is 0. The first-order valence-electron chi connectivity index (χ1n) is 9.24. The lowest BCUT2D eigenvalue weighted by Gasteiger charge is -2.27. The maximum Gasteiger partial charge on any atom is 0.269 e. The Kier molecular flexibility index (Phi) is 5.48. The van der Waals surface area contributed by atoms with Crippen LogP contribution >= 0.6 is 10.6 Å². The van der Waals surface area contributed by atoms with Crippen LogP contribution in [0.4, 0.5) is 5.69 Å². The maximum absolute atomic E-state index is 13.3. The van der Waals surface area contributed by atoms with Gasteiger partial charge in [0.15, 0.2) is 9.84 Å². The van der Waals surface area contributed by atoms with Crippen molar-refractivity contribution < 1.29 is 27.2 Å². The zero-order chi connectivity index (χ0) is 22.2. The lowest BCUT2D eigenvalue weighted by molar-refractivity contribution is -0.384. The quantitative estimate of drug-likeness (QED) is 0.398. The van der Waals surface area contributed by atoms with Crippen molar-refractivity contribution in [2.75, 3.05) is 5.75 Å². The summed E-state index contributed by atoms with van der Waals surface area (Å²) in [7, 11) is -7.23. The molecule has 2 N–H and O–H groups in total. The minimum absolute atomic E-state index is 0.0462. The number of nitro benzene ring substituents is 1. The molecule has 0 aliphatic carbocycles. The smallest absolute Gasteiger partial charge is 0.269 e. The van der Waals surface area contributed by atoms with Crippen LogP contribution in [0.15, 0.2) is 82.6 Å². The Morgan fingerprint density at radius 2 is 1.74 bits per heavy atom. The molecular weight excluding hydrogens is 442 g/mol. The SMILES string of the molecule is O=[N+]([O-])c1cccc(COc2cccc3c2C(S(=O)(=O)c2ccccc2)CS3(O)O)c1. The molecule has 1 unspecified atom stereocenters. The highest BCUT2D eigenvalue weighted by molar-refractivity contribution is 8.25. The molecule has 0 saturated carbocycles. The molecular formula is C21H19NO7S2. The van der Waals surface area contributed by atoms with E-state index in [0.29, 0.717) is 5.56 Å². The molecule has 31 heavy (non-hydrogen) atoms. The third kappa shape index (κ3) is 4.02. The molecule has 0 aromatic heterocycles. The van der Waals surface area contributed by atoms with Gasteiger partial charge in [0.25, 0.3) is 5.69 Å². The van der Waals surface area contributed by atoms with Crippen molar-refractivity contribution >= 4 is 26.1 Å². The third-order valence-electron chi connectivity index (χ3n) is 5.05. The van der Waals surface area contributed by atoms with Crippen molar-refractivity contribution in [3.05, 3.63) is 94.0 Å². The minimum Gasteiger partial charge on any atom is -0.489 e. The van der Waals surface area contributed by atoms with E-state index in [1.165, 1.54) is 36.4 Å². The first-order chi connectivity index (χ1) is 14.7. The Balaban J connectivity index is 1.72. The molecule has 1 aliphatic rings. The molecule has 0 spiro atoms. The number of hydrogen-bond acceptors (Lipinski definition) is 7. The summed E-state index contributed by atoms with van der Waals surface area (Å²) in [5.74, 6) is -0.150. The Labute approximate surface area is 180 Å². The number of ether oxygens (including phenoxy) is 1. The molecule has 0 amide bonds. The van der Waals surface area contributed by atoms with Crippen LogP contribution in [0.2, 0.25) is 0 Å². The first kappa shape index (κ1) is 21.3. The summed E-state index contributed by atoms with van der Waals surface area (Å²) in [4.78, 5) is 10.7. The fourth-order valence-electron chi connectivity index (χ4n) is 3.58. The van der Waals surface area contributed by atoms with E-state index in [1.807, 2.05) is 0 Å². The van der Waals surface area contributed by atoms with Crippen LogP contribution in [-0.4, -0.2) is 28.2 Å². The van der Waals surface area contributed by atoms with E-state index in [9.17, 15) is 27.6 Å². The van der Waals surface area contributed by atoms with Gasteiger partial charge in [-0.05, 0) is 29.8 Å². The maximum atomic E-state index is 13.3. The fraction of sp³-hybridized carbons (Fsp3) is 0.143. The highest BCUT2D eigenvalue weighted by Crippen LogP contribution is 2.63. The van der Waals surface area contributed by atoms with E-state index in [4.69, 9.17) is 4.74 Å². The van der Waals surface area contributed by atoms with E-state index in [2.05, 4.69) is 0 Å². The predicted molar refractivity (Wildman–Crippen MR) is 116 cm³/mol. The minimum atomic E-state index is -3.92. The van der Waals surface area contributed by atoms with Gasteiger partial charge in [-0.25, -0.2) is 8.42 Å². The van der Waals surface area contributed by atoms with Gasteiger partial charge < -0.3 is 4.74 Å². The van der Waals surface area contributed by atoms with Crippen LogP contribution in [0.3, 0.4) is 0 Å². The van der Waals surface area contributed by atoms with E-state index >= 15 is 0 Å². The van der Waals surface area contributed by atoms with Gasteiger partial charge in [0.2, 0.25) is 0 Å². The van der Waals surface area contributed by atoms with Gasteiger partial charge in [-0.2, -0.15) is 10.6 Å². The lowest BCUT2D eigenvalue weighted by Crippen LogP contribution is -2.16. The molecule has 8 nitrogen and oxygen atoms in total. The van der Waals surface area contributed by atoms with Crippen LogP contribution in [0.5, 0.6) is 5.75 Å². The number of hydrogen-bond donors (Lipinski definition) is 2. The third-order valence-corrected chi connectivity index (χ3v) is 9.20. The second kappa shape index (κ2) is 7.97. The molecule has 0 fully saturated rings. The molecule has 0 saturated heterocycles. The standard InChI is InChI=1S/C21H19NO7S2/c23-22(24)16-7-4-6-15(12-16)13-29-18-10-5-11-19-21(18)20(14-30(19,25)26)31(27,28)17-8-2-1-3-9-17/h1-12,20,25-26H,13-14H2. The predicted octanol–water partition coefficient (Wildman–Crippen LogP) is 4.81. The Morgan fingerprint density at radius 3 is 2.45 bits per heavy atom. The van der Waals surface area contributed by atoms with Crippen molar-refractivity contribution in [3.8, 4) is 5.75 Å². The molecule has 10 heteroatoms. The molecule has 0 radical (unpaired) electrons. The number of rotatable bonds is 6. The molecule has 3 aromatic rings. The topological polar surface area (TPSA) is 127 Å². The molecule has 0 bridgehead atoms. The van der Waals surface area contributed by atoms with E-state index in [1.54, 1.807) is 36.4 Å². The summed E-state index contributed by atoms with van der Waals surface area (Å²) in [6, 6.07) is 18.4. The van der Waals surface area contributed by atoms with E-state index < -0.39 is 30.6 Å². The largest absolute Gasteiger partial charge is 0.489 e. The number of nitrogens with zero attached hydrogens (tertiary/aromatic N) is 1. The van der Waals surface area contributed by atoms with Gasteiger partial charge in [-0.3, -0.25) is 19.2 Å².